The van der Waals surface area contributed by atoms with E-state index in [1.807, 2.05) is 4.90 Å². The van der Waals surface area contributed by atoms with Gasteiger partial charge in [-0.1, -0.05) is 29.8 Å². The number of likely N-dealkylation sites (tertiary alicyclic amines) is 1. The van der Waals surface area contributed by atoms with Crippen LogP contribution in [0.5, 0.6) is 0 Å². The number of carbonyl (C=O) groups excluding carboxylic acids is 1. The summed E-state index contributed by atoms with van der Waals surface area (Å²) in [6, 6.07) is 8.25. The van der Waals surface area contributed by atoms with Crippen LogP contribution in [-0.4, -0.2) is 37.6 Å². The standard InChI is InChI=1S/C17H25NO2/c1-14-3-5-16(6-4-14)13-17(19)18-10-7-15(8-11-18)9-12-20-2/h3-6,15H,7-13H2,1-2H3. The number of methoxy groups -OCH3 is 1. The van der Waals surface area contributed by atoms with Gasteiger partial charge in [0, 0.05) is 26.8 Å². The molecule has 1 amide bonds. The van der Waals surface area contributed by atoms with Gasteiger partial charge in [0.15, 0.2) is 0 Å². The van der Waals surface area contributed by atoms with Crippen molar-refractivity contribution in [3.8, 4) is 0 Å². The minimum absolute atomic E-state index is 0.263. The number of rotatable bonds is 5. The lowest BCUT2D eigenvalue weighted by Gasteiger charge is -2.32. The maximum Gasteiger partial charge on any atom is 0.226 e. The second-order valence-corrected chi connectivity index (χ2v) is 5.77. The lowest BCUT2D eigenvalue weighted by Crippen LogP contribution is -2.39. The first-order valence-corrected chi connectivity index (χ1v) is 7.51. The molecule has 0 radical (unpaired) electrons. The Morgan fingerprint density at radius 2 is 1.90 bits per heavy atom. The van der Waals surface area contributed by atoms with E-state index >= 15 is 0 Å². The molecule has 2 rings (SSSR count). The van der Waals surface area contributed by atoms with Crippen LogP contribution in [0.4, 0.5) is 0 Å². The fraction of sp³-hybridized carbons (Fsp3) is 0.588. The number of carbonyl (C=O) groups is 1. The van der Waals surface area contributed by atoms with E-state index in [2.05, 4.69) is 31.2 Å². The van der Waals surface area contributed by atoms with E-state index in [9.17, 15) is 4.79 Å². The minimum atomic E-state index is 0.263. The Bertz CT molecular complexity index is 419. The largest absolute Gasteiger partial charge is 0.385 e. The molecular formula is C17H25NO2. The van der Waals surface area contributed by atoms with E-state index in [1.54, 1.807) is 7.11 Å². The molecule has 3 heteroatoms. The highest BCUT2D eigenvalue weighted by atomic mass is 16.5. The van der Waals surface area contributed by atoms with Crippen molar-refractivity contribution >= 4 is 5.91 Å². The zero-order chi connectivity index (χ0) is 14.4. The van der Waals surface area contributed by atoms with Crippen molar-refractivity contribution in [1.82, 2.24) is 4.90 Å². The summed E-state index contributed by atoms with van der Waals surface area (Å²) in [4.78, 5) is 14.3. The van der Waals surface area contributed by atoms with Crippen molar-refractivity contribution in [3.05, 3.63) is 35.4 Å². The van der Waals surface area contributed by atoms with Crippen molar-refractivity contribution in [3.63, 3.8) is 0 Å². The Kier molecular flexibility index (Phi) is 5.60. The Morgan fingerprint density at radius 1 is 1.25 bits per heavy atom. The molecule has 110 valence electrons. The number of aryl methyl sites for hydroxylation is 1. The predicted molar refractivity (Wildman–Crippen MR) is 80.7 cm³/mol. The Hall–Kier alpha value is -1.35. The van der Waals surface area contributed by atoms with E-state index in [0.29, 0.717) is 6.42 Å². The molecule has 0 spiro atoms. The fourth-order valence-corrected chi connectivity index (χ4v) is 2.75. The minimum Gasteiger partial charge on any atom is -0.385 e. The Labute approximate surface area is 121 Å². The molecule has 0 N–H and O–H groups in total. The maximum atomic E-state index is 12.3. The average Bonchev–Trinajstić information content (AvgIpc) is 2.48. The first-order valence-electron chi connectivity index (χ1n) is 7.51. The molecule has 3 nitrogen and oxygen atoms in total. The van der Waals surface area contributed by atoms with Gasteiger partial charge in [-0.2, -0.15) is 0 Å². The van der Waals surface area contributed by atoms with E-state index < -0.39 is 0 Å². The van der Waals surface area contributed by atoms with Gasteiger partial charge in [0.05, 0.1) is 6.42 Å². The van der Waals surface area contributed by atoms with Gasteiger partial charge in [-0.05, 0) is 37.7 Å². The van der Waals surface area contributed by atoms with Gasteiger partial charge in [-0.3, -0.25) is 4.79 Å². The summed E-state index contributed by atoms with van der Waals surface area (Å²) < 4.78 is 5.13. The topological polar surface area (TPSA) is 29.5 Å². The summed E-state index contributed by atoms with van der Waals surface area (Å²) in [6.45, 7) is 4.70. The van der Waals surface area contributed by atoms with E-state index in [-0.39, 0.29) is 5.91 Å². The molecule has 0 unspecified atom stereocenters. The summed E-state index contributed by atoms with van der Waals surface area (Å²) >= 11 is 0. The third-order valence-corrected chi connectivity index (χ3v) is 4.17. The highest BCUT2D eigenvalue weighted by Crippen LogP contribution is 2.21. The maximum absolute atomic E-state index is 12.3. The van der Waals surface area contributed by atoms with Crippen LogP contribution >= 0.6 is 0 Å². The van der Waals surface area contributed by atoms with Gasteiger partial charge in [0.1, 0.15) is 0 Å². The normalized spacial score (nSPS) is 16.4. The lowest BCUT2D eigenvalue weighted by atomic mass is 9.93. The second kappa shape index (κ2) is 7.44. The molecule has 0 saturated carbocycles. The second-order valence-electron chi connectivity index (χ2n) is 5.77. The van der Waals surface area contributed by atoms with Crippen LogP contribution in [-0.2, 0) is 16.0 Å². The number of amides is 1. The molecule has 1 heterocycles. The van der Waals surface area contributed by atoms with Crippen molar-refractivity contribution in [2.24, 2.45) is 5.92 Å². The molecule has 1 saturated heterocycles. The van der Waals surface area contributed by atoms with Crippen LogP contribution in [0.25, 0.3) is 0 Å². The summed E-state index contributed by atoms with van der Waals surface area (Å²) in [5.41, 5.74) is 2.35. The van der Waals surface area contributed by atoms with Crippen LogP contribution in [0.2, 0.25) is 0 Å². The molecule has 20 heavy (non-hydrogen) atoms. The van der Waals surface area contributed by atoms with E-state index in [1.165, 1.54) is 5.56 Å². The zero-order valence-electron chi connectivity index (χ0n) is 12.6. The molecule has 0 aromatic heterocycles. The smallest absolute Gasteiger partial charge is 0.226 e. The van der Waals surface area contributed by atoms with Crippen molar-refractivity contribution in [2.45, 2.75) is 32.6 Å². The molecular weight excluding hydrogens is 250 g/mol. The number of benzene rings is 1. The molecule has 1 aromatic rings. The van der Waals surface area contributed by atoms with Gasteiger partial charge >= 0.3 is 0 Å². The van der Waals surface area contributed by atoms with E-state index in [4.69, 9.17) is 4.74 Å². The van der Waals surface area contributed by atoms with Gasteiger partial charge in [0.2, 0.25) is 5.91 Å². The monoisotopic (exact) mass is 275 g/mol. The Morgan fingerprint density at radius 3 is 2.50 bits per heavy atom. The highest BCUT2D eigenvalue weighted by Gasteiger charge is 2.22. The molecule has 0 bridgehead atoms. The summed E-state index contributed by atoms with van der Waals surface area (Å²) in [6.07, 6.45) is 3.88. The molecule has 1 aromatic carbocycles. The third kappa shape index (κ3) is 4.34. The quantitative estimate of drug-likeness (QED) is 0.827. The first-order chi connectivity index (χ1) is 9.69. The van der Waals surface area contributed by atoms with Gasteiger partial charge in [0.25, 0.3) is 0 Å². The fourth-order valence-electron chi connectivity index (χ4n) is 2.75. The average molecular weight is 275 g/mol. The van der Waals surface area contributed by atoms with Crippen LogP contribution in [0, 0.1) is 12.8 Å². The van der Waals surface area contributed by atoms with Gasteiger partial charge in [-0.25, -0.2) is 0 Å². The van der Waals surface area contributed by atoms with Crippen molar-refractivity contribution in [2.75, 3.05) is 26.8 Å². The van der Waals surface area contributed by atoms with Gasteiger partial charge in [-0.15, -0.1) is 0 Å². The van der Waals surface area contributed by atoms with Crippen molar-refractivity contribution in [1.29, 1.82) is 0 Å². The first kappa shape index (κ1) is 15.0. The number of hydrogen-bond donors (Lipinski definition) is 0. The molecule has 0 atom stereocenters. The number of ether oxygens (including phenoxy) is 1. The Balaban J connectivity index is 1.78. The number of nitrogens with zero attached hydrogens (tertiary/aromatic N) is 1. The third-order valence-electron chi connectivity index (χ3n) is 4.17. The summed E-state index contributed by atoms with van der Waals surface area (Å²) in [7, 11) is 1.75. The molecule has 1 aliphatic heterocycles. The van der Waals surface area contributed by atoms with Crippen molar-refractivity contribution < 1.29 is 9.53 Å². The van der Waals surface area contributed by atoms with Crippen LogP contribution in [0.3, 0.4) is 0 Å². The van der Waals surface area contributed by atoms with Crippen LogP contribution in [0.1, 0.15) is 30.4 Å². The summed E-state index contributed by atoms with van der Waals surface area (Å²) in [5, 5.41) is 0. The summed E-state index contributed by atoms with van der Waals surface area (Å²) in [5.74, 6) is 0.984. The van der Waals surface area contributed by atoms with Crippen LogP contribution < -0.4 is 0 Å². The molecule has 0 aliphatic carbocycles. The molecule has 1 fully saturated rings. The number of piperidine rings is 1. The molecule has 1 aliphatic rings. The highest BCUT2D eigenvalue weighted by molar-refractivity contribution is 5.78. The zero-order valence-corrected chi connectivity index (χ0v) is 12.6. The number of hydrogen-bond acceptors (Lipinski definition) is 2. The van der Waals surface area contributed by atoms with E-state index in [0.717, 1.165) is 50.4 Å². The predicted octanol–water partition coefficient (Wildman–Crippen LogP) is 2.81. The SMILES string of the molecule is COCCC1CCN(C(=O)Cc2ccc(C)cc2)CC1. The van der Waals surface area contributed by atoms with Crippen LogP contribution in [0.15, 0.2) is 24.3 Å². The lowest BCUT2D eigenvalue weighted by molar-refractivity contribution is -0.131. The van der Waals surface area contributed by atoms with Gasteiger partial charge < -0.3 is 9.64 Å².